The van der Waals surface area contributed by atoms with E-state index in [0.717, 1.165) is 37.1 Å². The van der Waals surface area contributed by atoms with Crippen LogP contribution in [0.1, 0.15) is 51.3 Å². The summed E-state index contributed by atoms with van der Waals surface area (Å²) in [6.07, 6.45) is 2.93. The largest absolute Gasteiger partial charge is 0.313 e. The number of hydrogen-bond donors (Lipinski definition) is 3. The van der Waals surface area contributed by atoms with Crippen LogP contribution in [0.2, 0.25) is 0 Å². The number of aromatic nitrogens is 2. The quantitative estimate of drug-likeness (QED) is 0.576. The molecule has 0 unspecified atom stereocenters. The van der Waals surface area contributed by atoms with E-state index < -0.39 is 10.0 Å². The maximum Gasteiger partial charge on any atom is 0.260 e. The summed E-state index contributed by atoms with van der Waals surface area (Å²) in [6, 6.07) is 0. The average molecular weight is 316 g/mol. The number of hydrogen-bond acceptors (Lipinski definition) is 4. The van der Waals surface area contributed by atoms with Crippen molar-refractivity contribution in [2.24, 2.45) is 5.92 Å². The van der Waals surface area contributed by atoms with Crippen LogP contribution in [0.3, 0.4) is 0 Å². The number of aryl methyl sites for hydroxylation is 1. The Kier molecular flexibility index (Phi) is 7.34. The lowest BCUT2D eigenvalue weighted by Gasteiger charge is -2.13. The molecule has 0 bridgehead atoms. The fourth-order valence-electron chi connectivity index (χ4n) is 2.12. The van der Waals surface area contributed by atoms with Gasteiger partial charge in [0, 0.05) is 24.3 Å². The Morgan fingerprint density at radius 1 is 1.24 bits per heavy atom. The smallest absolute Gasteiger partial charge is 0.260 e. The van der Waals surface area contributed by atoms with Gasteiger partial charge in [-0.1, -0.05) is 33.6 Å². The molecule has 7 heteroatoms. The van der Waals surface area contributed by atoms with Crippen LogP contribution in [-0.2, 0) is 16.6 Å². The average Bonchev–Trinajstić information content (AvgIpc) is 2.82. The van der Waals surface area contributed by atoms with Gasteiger partial charge in [0.25, 0.3) is 10.0 Å². The van der Waals surface area contributed by atoms with E-state index >= 15 is 0 Å². The van der Waals surface area contributed by atoms with Gasteiger partial charge in [0.15, 0.2) is 5.03 Å². The normalized spacial score (nSPS) is 12.2. The van der Waals surface area contributed by atoms with Crippen molar-refractivity contribution >= 4 is 10.0 Å². The second kappa shape index (κ2) is 8.51. The van der Waals surface area contributed by atoms with E-state index in [1.807, 2.05) is 6.92 Å². The summed E-state index contributed by atoms with van der Waals surface area (Å²) in [5.74, 6) is 0.362. The predicted octanol–water partition coefficient (Wildman–Crippen LogP) is 1.93. The van der Waals surface area contributed by atoms with Gasteiger partial charge in [0.05, 0.1) is 0 Å². The van der Waals surface area contributed by atoms with Crippen LogP contribution in [0.15, 0.2) is 5.03 Å². The molecule has 0 atom stereocenters. The van der Waals surface area contributed by atoms with Gasteiger partial charge in [0.1, 0.15) is 0 Å². The first kappa shape index (κ1) is 18.1. The van der Waals surface area contributed by atoms with Crippen LogP contribution >= 0.6 is 0 Å². The minimum Gasteiger partial charge on any atom is -0.313 e. The SMILES string of the molecule is CCCNCc1c(S(=O)(=O)NCC(CC)CC)n[nH]c1C. The lowest BCUT2D eigenvalue weighted by atomic mass is 10.0. The highest BCUT2D eigenvalue weighted by atomic mass is 32.2. The van der Waals surface area contributed by atoms with Crippen LogP contribution in [-0.4, -0.2) is 31.7 Å². The molecule has 1 aromatic heterocycles. The number of H-pyrrole nitrogens is 1. The van der Waals surface area contributed by atoms with Gasteiger partial charge in [-0.3, -0.25) is 5.10 Å². The maximum absolute atomic E-state index is 12.4. The summed E-state index contributed by atoms with van der Waals surface area (Å²) >= 11 is 0. The molecular formula is C14H28N4O2S. The third kappa shape index (κ3) is 5.09. The third-order valence-corrected chi connectivity index (χ3v) is 5.13. The molecule has 1 aromatic rings. The molecule has 3 N–H and O–H groups in total. The van der Waals surface area contributed by atoms with Crippen LogP contribution in [0, 0.1) is 12.8 Å². The molecule has 0 aliphatic carbocycles. The molecule has 0 amide bonds. The summed E-state index contributed by atoms with van der Waals surface area (Å²) in [5.41, 5.74) is 1.52. The zero-order valence-corrected chi connectivity index (χ0v) is 14.3. The van der Waals surface area contributed by atoms with Crippen molar-refractivity contribution in [2.75, 3.05) is 13.1 Å². The van der Waals surface area contributed by atoms with E-state index in [4.69, 9.17) is 0 Å². The van der Waals surface area contributed by atoms with E-state index in [1.165, 1.54) is 0 Å². The van der Waals surface area contributed by atoms with Crippen molar-refractivity contribution in [1.29, 1.82) is 0 Å². The molecule has 0 saturated heterocycles. The molecule has 0 saturated carbocycles. The number of rotatable bonds is 10. The molecule has 6 nitrogen and oxygen atoms in total. The molecule has 0 spiro atoms. The first-order chi connectivity index (χ1) is 9.96. The zero-order chi connectivity index (χ0) is 15.9. The second-order valence-corrected chi connectivity index (χ2v) is 7.03. The molecule has 122 valence electrons. The van der Waals surface area contributed by atoms with Gasteiger partial charge in [-0.2, -0.15) is 5.10 Å². The molecule has 0 fully saturated rings. The van der Waals surface area contributed by atoms with Crippen LogP contribution in [0.25, 0.3) is 0 Å². The van der Waals surface area contributed by atoms with Crippen molar-refractivity contribution in [2.45, 2.75) is 58.5 Å². The van der Waals surface area contributed by atoms with Crippen molar-refractivity contribution in [1.82, 2.24) is 20.2 Å². The predicted molar refractivity (Wildman–Crippen MR) is 84.6 cm³/mol. The number of aromatic amines is 1. The van der Waals surface area contributed by atoms with Gasteiger partial charge in [-0.15, -0.1) is 0 Å². The van der Waals surface area contributed by atoms with E-state index in [9.17, 15) is 8.42 Å². The Hall–Kier alpha value is -0.920. The molecule has 0 aliphatic heterocycles. The Bertz CT molecular complexity index is 521. The minimum atomic E-state index is -3.55. The highest BCUT2D eigenvalue weighted by molar-refractivity contribution is 7.89. The Morgan fingerprint density at radius 2 is 1.90 bits per heavy atom. The summed E-state index contributed by atoms with van der Waals surface area (Å²) in [6.45, 7) is 9.88. The highest BCUT2D eigenvalue weighted by Crippen LogP contribution is 2.16. The van der Waals surface area contributed by atoms with Crippen LogP contribution < -0.4 is 10.0 Å². The van der Waals surface area contributed by atoms with Gasteiger partial charge in [-0.25, -0.2) is 13.1 Å². The summed E-state index contributed by atoms with van der Waals surface area (Å²) in [5, 5.41) is 10.1. The molecule has 1 heterocycles. The zero-order valence-electron chi connectivity index (χ0n) is 13.5. The lowest BCUT2D eigenvalue weighted by molar-refractivity contribution is 0.477. The lowest BCUT2D eigenvalue weighted by Crippen LogP contribution is -2.30. The topological polar surface area (TPSA) is 86.9 Å². The Balaban J connectivity index is 2.83. The molecule has 0 aliphatic rings. The fourth-order valence-corrected chi connectivity index (χ4v) is 3.43. The maximum atomic E-state index is 12.4. The molecule has 0 radical (unpaired) electrons. The van der Waals surface area contributed by atoms with E-state index in [1.54, 1.807) is 0 Å². The van der Waals surface area contributed by atoms with Gasteiger partial charge < -0.3 is 5.32 Å². The first-order valence-corrected chi connectivity index (χ1v) is 9.18. The molecule has 21 heavy (non-hydrogen) atoms. The molecule has 1 rings (SSSR count). The second-order valence-electron chi connectivity index (χ2n) is 5.34. The van der Waals surface area contributed by atoms with Crippen molar-refractivity contribution in [3.8, 4) is 0 Å². The molecule has 0 aromatic carbocycles. The van der Waals surface area contributed by atoms with Crippen LogP contribution in [0.4, 0.5) is 0 Å². The number of sulfonamides is 1. The monoisotopic (exact) mass is 316 g/mol. The van der Waals surface area contributed by atoms with Gasteiger partial charge in [0.2, 0.25) is 0 Å². The van der Waals surface area contributed by atoms with E-state index in [0.29, 0.717) is 19.0 Å². The minimum absolute atomic E-state index is 0.120. The standard InChI is InChI=1S/C14H28N4O2S/c1-5-8-15-10-13-11(4)17-18-14(13)21(19,20)16-9-12(6-2)7-3/h12,15-16H,5-10H2,1-4H3,(H,17,18). The first-order valence-electron chi connectivity index (χ1n) is 7.70. The summed E-state index contributed by atoms with van der Waals surface area (Å²) < 4.78 is 27.5. The Morgan fingerprint density at radius 3 is 2.48 bits per heavy atom. The van der Waals surface area contributed by atoms with Gasteiger partial charge in [-0.05, 0) is 25.8 Å². The van der Waals surface area contributed by atoms with E-state index in [2.05, 4.69) is 41.0 Å². The number of nitrogens with one attached hydrogen (secondary N) is 3. The summed E-state index contributed by atoms with van der Waals surface area (Å²) in [4.78, 5) is 0. The van der Waals surface area contributed by atoms with E-state index in [-0.39, 0.29) is 5.03 Å². The van der Waals surface area contributed by atoms with Crippen molar-refractivity contribution < 1.29 is 8.42 Å². The van der Waals surface area contributed by atoms with Crippen molar-refractivity contribution in [3.05, 3.63) is 11.3 Å². The van der Waals surface area contributed by atoms with Crippen LogP contribution in [0.5, 0.6) is 0 Å². The van der Waals surface area contributed by atoms with Gasteiger partial charge >= 0.3 is 0 Å². The third-order valence-electron chi connectivity index (χ3n) is 3.74. The number of nitrogens with zero attached hydrogens (tertiary/aromatic N) is 1. The molecular weight excluding hydrogens is 288 g/mol. The van der Waals surface area contributed by atoms with Crippen molar-refractivity contribution in [3.63, 3.8) is 0 Å². The Labute approximate surface area is 128 Å². The fraction of sp³-hybridized carbons (Fsp3) is 0.786. The summed E-state index contributed by atoms with van der Waals surface area (Å²) in [7, 11) is -3.55. The highest BCUT2D eigenvalue weighted by Gasteiger charge is 2.24.